The molecule has 0 saturated carbocycles. The maximum atomic E-state index is 13.4. The minimum absolute atomic E-state index is 0.0412. The molecule has 0 aliphatic carbocycles. The summed E-state index contributed by atoms with van der Waals surface area (Å²) in [6.45, 7) is 5.30. The van der Waals surface area contributed by atoms with Crippen molar-refractivity contribution in [2.45, 2.75) is 50.7 Å². The van der Waals surface area contributed by atoms with Gasteiger partial charge in [0.2, 0.25) is 21.8 Å². The summed E-state index contributed by atoms with van der Waals surface area (Å²) in [5, 5.41) is 4.64. The number of likely N-dealkylation sites (N-methyl/N-ethyl adjacent to an activating group) is 1. The highest BCUT2D eigenvalue weighted by atomic mass is 79.9. The van der Waals surface area contributed by atoms with Gasteiger partial charge in [-0.1, -0.05) is 65.3 Å². The Hall–Kier alpha value is -2.75. The second-order valence-electron chi connectivity index (χ2n) is 8.91. The molecule has 2 unspecified atom stereocenters. The van der Waals surface area contributed by atoms with Crippen molar-refractivity contribution in [1.82, 2.24) is 14.5 Å². The molecular formula is C27H32BrN3O4S. The molecule has 7 nitrogen and oxygen atoms in total. The molecule has 9 heteroatoms. The van der Waals surface area contributed by atoms with Crippen molar-refractivity contribution in [1.29, 1.82) is 0 Å². The first kappa shape index (κ1) is 27.8. The van der Waals surface area contributed by atoms with Crippen LogP contribution in [0.5, 0.6) is 0 Å². The molecule has 0 bridgehead atoms. The monoisotopic (exact) mass is 573 g/mol. The number of halogens is 1. The lowest BCUT2D eigenvalue weighted by atomic mass is 10.1. The second-order valence-corrected chi connectivity index (χ2v) is 11.9. The number of fused-ring (bicyclic) bond motifs is 1. The third-order valence-electron chi connectivity index (χ3n) is 6.22. The van der Waals surface area contributed by atoms with Crippen LogP contribution in [0, 0.1) is 0 Å². The van der Waals surface area contributed by atoms with E-state index in [1.54, 1.807) is 25.1 Å². The summed E-state index contributed by atoms with van der Waals surface area (Å²) in [6, 6.07) is 19.0. The van der Waals surface area contributed by atoms with E-state index in [0.717, 1.165) is 31.5 Å². The van der Waals surface area contributed by atoms with Gasteiger partial charge in [-0.15, -0.1) is 0 Å². The van der Waals surface area contributed by atoms with Crippen molar-refractivity contribution in [3.8, 4) is 0 Å². The summed E-state index contributed by atoms with van der Waals surface area (Å²) in [7, 11) is -2.55. The molecule has 0 radical (unpaired) electrons. The van der Waals surface area contributed by atoms with E-state index in [0.29, 0.717) is 0 Å². The average molecular weight is 575 g/mol. The van der Waals surface area contributed by atoms with Gasteiger partial charge in [-0.2, -0.15) is 4.31 Å². The molecule has 1 N–H and O–H groups in total. The van der Waals surface area contributed by atoms with Crippen LogP contribution in [-0.4, -0.2) is 55.1 Å². The zero-order valence-corrected chi connectivity index (χ0v) is 23.3. The summed E-state index contributed by atoms with van der Waals surface area (Å²) in [6.07, 6.45) is 0.756. The summed E-state index contributed by atoms with van der Waals surface area (Å²) in [4.78, 5) is 27.9. The van der Waals surface area contributed by atoms with Crippen LogP contribution in [0.4, 0.5) is 0 Å². The van der Waals surface area contributed by atoms with E-state index in [-0.39, 0.29) is 23.4 Å². The Balaban J connectivity index is 1.84. The van der Waals surface area contributed by atoms with Crippen LogP contribution in [0.15, 0.2) is 76.1 Å². The molecule has 3 aromatic rings. The van der Waals surface area contributed by atoms with Gasteiger partial charge < -0.3 is 10.2 Å². The van der Waals surface area contributed by atoms with E-state index in [2.05, 4.69) is 21.2 Å². The minimum Gasteiger partial charge on any atom is -0.352 e. The quantitative estimate of drug-likeness (QED) is 0.385. The van der Waals surface area contributed by atoms with Gasteiger partial charge in [-0.25, -0.2) is 8.42 Å². The number of nitrogens with zero attached hydrogens (tertiary/aromatic N) is 2. The van der Waals surface area contributed by atoms with Crippen molar-refractivity contribution in [3.05, 3.63) is 76.8 Å². The number of hydrogen-bond donors (Lipinski definition) is 1. The van der Waals surface area contributed by atoms with Crippen LogP contribution in [0.25, 0.3) is 10.8 Å². The zero-order chi connectivity index (χ0) is 26.5. The van der Waals surface area contributed by atoms with E-state index in [1.165, 1.54) is 11.9 Å². The Morgan fingerprint density at radius 1 is 0.972 bits per heavy atom. The molecule has 0 aromatic heterocycles. The lowest BCUT2D eigenvalue weighted by molar-refractivity contribution is -0.140. The van der Waals surface area contributed by atoms with Crippen molar-refractivity contribution in [2.75, 3.05) is 13.6 Å². The Kier molecular flexibility index (Phi) is 9.27. The number of sulfonamides is 1. The Morgan fingerprint density at radius 2 is 1.61 bits per heavy atom. The lowest BCUT2D eigenvalue weighted by Gasteiger charge is -2.31. The molecule has 3 rings (SSSR count). The number of nitrogens with one attached hydrogen (secondary N) is 1. The van der Waals surface area contributed by atoms with Crippen molar-refractivity contribution >= 4 is 48.5 Å². The van der Waals surface area contributed by atoms with Gasteiger partial charge in [0.1, 0.15) is 6.04 Å². The maximum Gasteiger partial charge on any atom is 0.243 e. The number of rotatable bonds is 10. The number of amides is 2. The van der Waals surface area contributed by atoms with Crippen LogP contribution in [0.3, 0.4) is 0 Å². The fourth-order valence-electron chi connectivity index (χ4n) is 3.71. The van der Waals surface area contributed by atoms with Crippen LogP contribution >= 0.6 is 15.9 Å². The molecule has 0 aliphatic heterocycles. The molecule has 3 aromatic carbocycles. The Labute approximate surface area is 221 Å². The first-order valence-corrected chi connectivity index (χ1v) is 14.1. The number of benzene rings is 3. The molecule has 2 atom stereocenters. The fraction of sp³-hybridized carbons (Fsp3) is 0.333. The summed E-state index contributed by atoms with van der Waals surface area (Å²) >= 11 is 3.40. The SMILES string of the molecule is CCC(C)NC(=O)C(C)N(Cc1ccc(Br)cc1)C(=O)CN(C)S(=O)(=O)c1ccc2ccccc2c1. The first-order valence-electron chi connectivity index (χ1n) is 11.8. The van der Waals surface area contributed by atoms with Crippen LogP contribution in [0.2, 0.25) is 0 Å². The van der Waals surface area contributed by atoms with Gasteiger partial charge in [-0.05, 0) is 60.9 Å². The van der Waals surface area contributed by atoms with Crippen molar-refractivity contribution < 1.29 is 18.0 Å². The lowest BCUT2D eigenvalue weighted by Crippen LogP contribution is -2.51. The van der Waals surface area contributed by atoms with Crippen molar-refractivity contribution in [3.63, 3.8) is 0 Å². The largest absolute Gasteiger partial charge is 0.352 e. The highest BCUT2D eigenvalue weighted by molar-refractivity contribution is 9.10. The molecule has 0 fully saturated rings. The fourth-order valence-corrected chi connectivity index (χ4v) is 5.13. The Morgan fingerprint density at radius 3 is 2.25 bits per heavy atom. The number of carbonyl (C=O) groups excluding carboxylic acids is 2. The highest BCUT2D eigenvalue weighted by Gasteiger charge is 2.30. The van der Waals surface area contributed by atoms with E-state index >= 15 is 0 Å². The summed E-state index contributed by atoms with van der Waals surface area (Å²) in [5.41, 5.74) is 0.828. The molecule has 2 amide bonds. The third kappa shape index (κ3) is 6.72. The molecule has 36 heavy (non-hydrogen) atoms. The van der Waals surface area contributed by atoms with E-state index in [4.69, 9.17) is 0 Å². The van der Waals surface area contributed by atoms with Gasteiger partial charge in [0.15, 0.2) is 0 Å². The van der Waals surface area contributed by atoms with E-state index < -0.39 is 28.5 Å². The normalized spacial score (nSPS) is 13.4. The van der Waals surface area contributed by atoms with Gasteiger partial charge in [0.05, 0.1) is 11.4 Å². The van der Waals surface area contributed by atoms with Gasteiger partial charge in [0, 0.05) is 24.1 Å². The third-order valence-corrected chi connectivity index (χ3v) is 8.55. The molecule has 0 aliphatic rings. The minimum atomic E-state index is -3.93. The molecule has 0 saturated heterocycles. The van der Waals surface area contributed by atoms with Gasteiger partial charge >= 0.3 is 0 Å². The van der Waals surface area contributed by atoms with Crippen LogP contribution < -0.4 is 5.32 Å². The van der Waals surface area contributed by atoms with Crippen LogP contribution in [-0.2, 0) is 26.2 Å². The Bertz CT molecular complexity index is 1330. The smallest absolute Gasteiger partial charge is 0.243 e. The number of carbonyl (C=O) groups is 2. The van der Waals surface area contributed by atoms with Crippen LogP contribution in [0.1, 0.15) is 32.8 Å². The highest BCUT2D eigenvalue weighted by Crippen LogP contribution is 2.22. The summed E-state index contributed by atoms with van der Waals surface area (Å²) in [5.74, 6) is -0.744. The zero-order valence-electron chi connectivity index (χ0n) is 20.9. The van der Waals surface area contributed by atoms with E-state index in [9.17, 15) is 18.0 Å². The molecular weight excluding hydrogens is 542 g/mol. The molecule has 0 heterocycles. The first-order chi connectivity index (χ1) is 17.0. The predicted octanol–water partition coefficient (Wildman–Crippen LogP) is 4.55. The topological polar surface area (TPSA) is 86.8 Å². The predicted molar refractivity (Wildman–Crippen MR) is 146 cm³/mol. The number of hydrogen-bond acceptors (Lipinski definition) is 4. The maximum absolute atomic E-state index is 13.4. The molecule has 192 valence electrons. The standard InChI is InChI=1S/C27H32BrN3O4S/c1-5-19(2)29-27(33)20(3)31(17-21-10-13-24(28)14-11-21)26(32)18-30(4)36(34,35)25-15-12-22-8-6-7-9-23(22)16-25/h6-16,19-20H,5,17-18H2,1-4H3,(H,29,33). The summed E-state index contributed by atoms with van der Waals surface area (Å²) < 4.78 is 28.5. The van der Waals surface area contributed by atoms with Crippen molar-refractivity contribution in [2.24, 2.45) is 0 Å². The second kappa shape index (κ2) is 12.0. The van der Waals surface area contributed by atoms with Gasteiger partial charge in [0.25, 0.3) is 0 Å². The van der Waals surface area contributed by atoms with E-state index in [1.807, 2.05) is 62.4 Å². The van der Waals surface area contributed by atoms with Gasteiger partial charge in [-0.3, -0.25) is 9.59 Å². The molecule has 0 spiro atoms. The average Bonchev–Trinajstić information content (AvgIpc) is 2.87.